The van der Waals surface area contributed by atoms with Crippen molar-refractivity contribution >= 4 is 23.1 Å². The van der Waals surface area contributed by atoms with Crippen molar-refractivity contribution in [3.05, 3.63) is 47.1 Å². The Morgan fingerprint density at radius 3 is 2.85 bits per heavy atom. The lowest BCUT2D eigenvalue weighted by Gasteiger charge is -2.05. The second kappa shape index (κ2) is 6.25. The van der Waals surface area contributed by atoms with E-state index in [1.165, 1.54) is 0 Å². The number of nitrogens with zero attached hydrogens (tertiary/aromatic N) is 2. The van der Waals surface area contributed by atoms with E-state index in [4.69, 9.17) is 22.5 Å². The highest BCUT2D eigenvalue weighted by Gasteiger charge is 2.08. The van der Waals surface area contributed by atoms with Gasteiger partial charge in [-0.2, -0.15) is 4.98 Å². The minimum atomic E-state index is -0.195. The molecule has 2 rings (SSSR count). The number of benzene rings is 1. The number of hydrogen-bond donors (Lipinski definition) is 2. The van der Waals surface area contributed by atoms with E-state index in [9.17, 15) is 4.79 Å². The Hall–Kier alpha value is -2.28. The molecule has 7 heteroatoms. The van der Waals surface area contributed by atoms with Gasteiger partial charge in [-0.1, -0.05) is 29.5 Å². The Morgan fingerprint density at radius 1 is 1.45 bits per heavy atom. The van der Waals surface area contributed by atoms with Crippen molar-refractivity contribution < 1.29 is 9.32 Å². The van der Waals surface area contributed by atoms with Crippen LogP contribution in [0.4, 0.5) is 0 Å². The summed E-state index contributed by atoms with van der Waals surface area (Å²) in [6, 6.07) is 6.87. The first-order valence-electron chi connectivity index (χ1n) is 6.03. The molecule has 1 aromatic carbocycles. The van der Waals surface area contributed by atoms with Crippen LogP contribution in [0.3, 0.4) is 0 Å². The molecule has 0 saturated carbocycles. The van der Waals surface area contributed by atoms with Crippen LogP contribution in [-0.2, 0) is 6.42 Å². The number of aryl methyl sites for hydroxylation is 1. The Kier molecular flexibility index (Phi) is 4.41. The number of nitrogens with one attached hydrogen (secondary N) is 1. The maximum Gasteiger partial charge on any atom is 0.251 e. The second-order valence-corrected chi connectivity index (χ2v) is 4.63. The highest BCUT2D eigenvalue weighted by molar-refractivity contribution is 7.80. The quantitative estimate of drug-likeness (QED) is 0.797. The van der Waals surface area contributed by atoms with Crippen molar-refractivity contribution in [2.75, 3.05) is 6.54 Å². The second-order valence-electron chi connectivity index (χ2n) is 4.19. The van der Waals surface area contributed by atoms with Crippen LogP contribution < -0.4 is 11.1 Å². The van der Waals surface area contributed by atoms with E-state index >= 15 is 0 Å². The van der Waals surface area contributed by atoms with E-state index in [1.807, 2.05) is 0 Å². The third-order valence-corrected chi connectivity index (χ3v) is 2.84. The molecule has 0 unspecified atom stereocenters. The molecule has 0 aliphatic rings. The average molecular weight is 290 g/mol. The summed E-state index contributed by atoms with van der Waals surface area (Å²) in [7, 11) is 0. The van der Waals surface area contributed by atoms with E-state index < -0.39 is 0 Å². The predicted octanol–water partition coefficient (Wildman–Crippen LogP) is 0.985. The fourth-order valence-corrected chi connectivity index (χ4v) is 1.77. The third-order valence-electron chi connectivity index (χ3n) is 2.60. The summed E-state index contributed by atoms with van der Waals surface area (Å²) in [6.07, 6.45) is 0.488. The largest absolute Gasteiger partial charge is 0.389 e. The van der Waals surface area contributed by atoms with E-state index in [0.717, 1.165) is 0 Å². The number of amides is 1. The molecular formula is C13H14N4O2S. The Balaban J connectivity index is 1.91. The lowest BCUT2D eigenvalue weighted by Crippen LogP contribution is -2.26. The molecule has 2 aromatic rings. The topological polar surface area (TPSA) is 94.0 Å². The molecule has 104 valence electrons. The first-order valence-corrected chi connectivity index (χ1v) is 6.44. The monoisotopic (exact) mass is 290 g/mol. The molecule has 0 atom stereocenters. The van der Waals surface area contributed by atoms with Crippen LogP contribution in [0.2, 0.25) is 0 Å². The normalized spacial score (nSPS) is 10.2. The molecule has 1 heterocycles. The zero-order chi connectivity index (χ0) is 14.5. The highest BCUT2D eigenvalue weighted by Crippen LogP contribution is 2.05. The van der Waals surface area contributed by atoms with Crippen molar-refractivity contribution in [3.8, 4) is 0 Å². The van der Waals surface area contributed by atoms with Crippen LogP contribution in [0.1, 0.15) is 27.6 Å². The van der Waals surface area contributed by atoms with E-state index in [2.05, 4.69) is 15.5 Å². The summed E-state index contributed by atoms with van der Waals surface area (Å²) >= 11 is 4.88. The van der Waals surface area contributed by atoms with Crippen molar-refractivity contribution in [2.45, 2.75) is 13.3 Å². The molecular weight excluding hydrogens is 276 g/mol. The minimum Gasteiger partial charge on any atom is -0.389 e. The summed E-state index contributed by atoms with van der Waals surface area (Å²) in [5, 5.41) is 6.45. The van der Waals surface area contributed by atoms with E-state index in [1.54, 1.807) is 31.2 Å². The maximum absolute atomic E-state index is 12.0. The van der Waals surface area contributed by atoms with Crippen molar-refractivity contribution in [1.82, 2.24) is 15.5 Å². The molecule has 20 heavy (non-hydrogen) atoms. The molecule has 1 amide bonds. The summed E-state index contributed by atoms with van der Waals surface area (Å²) in [4.78, 5) is 16.3. The smallest absolute Gasteiger partial charge is 0.251 e. The van der Waals surface area contributed by atoms with Crippen molar-refractivity contribution in [2.24, 2.45) is 5.73 Å². The highest BCUT2D eigenvalue weighted by atomic mass is 32.1. The third kappa shape index (κ3) is 3.61. The van der Waals surface area contributed by atoms with Crippen molar-refractivity contribution in [1.29, 1.82) is 0 Å². The van der Waals surface area contributed by atoms with Gasteiger partial charge in [0.15, 0.2) is 5.82 Å². The van der Waals surface area contributed by atoms with Gasteiger partial charge >= 0.3 is 0 Å². The van der Waals surface area contributed by atoms with Gasteiger partial charge in [0.25, 0.3) is 5.91 Å². The van der Waals surface area contributed by atoms with Crippen LogP contribution in [-0.4, -0.2) is 27.6 Å². The van der Waals surface area contributed by atoms with Gasteiger partial charge in [-0.05, 0) is 19.1 Å². The number of carbonyl (C=O) groups is 1. The van der Waals surface area contributed by atoms with Gasteiger partial charge < -0.3 is 15.6 Å². The van der Waals surface area contributed by atoms with Gasteiger partial charge in [-0.25, -0.2) is 0 Å². The minimum absolute atomic E-state index is 0.195. The summed E-state index contributed by atoms with van der Waals surface area (Å²) in [5.41, 5.74) is 6.71. The van der Waals surface area contributed by atoms with E-state index in [-0.39, 0.29) is 10.9 Å². The van der Waals surface area contributed by atoms with Crippen LogP contribution in [0.15, 0.2) is 28.8 Å². The van der Waals surface area contributed by atoms with Gasteiger partial charge in [0.2, 0.25) is 5.89 Å². The predicted molar refractivity (Wildman–Crippen MR) is 77.4 cm³/mol. The molecule has 1 aromatic heterocycles. The van der Waals surface area contributed by atoms with Gasteiger partial charge in [0, 0.05) is 24.1 Å². The summed E-state index contributed by atoms with van der Waals surface area (Å²) in [5.74, 6) is 0.884. The average Bonchev–Trinajstić information content (AvgIpc) is 2.84. The zero-order valence-electron chi connectivity index (χ0n) is 10.9. The summed E-state index contributed by atoms with van der Waals surface area (Å²) < 4.78 is 4.96. The molecule has 0 bridgehead atoms. The van der Waals surface area contributed by atoms with Gasteiger partial charge in [-0.3, -0.25) is 4.79 Å². The van der Waals surface area contributed by atoms with Gasteiger partial charge in [0.1, 0.15) is 4.99 Å². The lowest BCUT2D eigenvalue weighted by molar-refractivity contribution is 0.0953. The van der Waals surface area contributed by atoms with Gasteiger partial charge in [0.05, 0.1) is 0 Å². The van der Waals surface area contributed by atoms with E-state index in [0.29, 0.717) is 35.8 Å². The Labute approximate surface area is 121 Å². The lowest BCUT2D eigenvalue weighted by atomic mass is 10.1. The molecule has 0 fully saturated rings. The fourth-order valence-electron chi connectivity index (χ4n) is 1.64. The molecule has 0 radical (unpaired) electrons. The number of aromatic nitrogens is 2. The molecule has 6 nitrogen and oxygen atoms in total. The number of rotatable bonds is 5. The zero-order valence-corrected chi connectivity index (χ0v) is 11.7. The summed E-state index contributed by atoms with van der Waals surface area (Å²) in [6.45, 7) is 2.16. The van der Waals surface area contributed by atoms with Crippen molar-refractivity contribution in [3.63, 3.8) is 0 Å². The Bertz CT molecular complexity index is 639. The van der Waals surface area contributed by atoms with Crippen LogP contribution in [0.25, 0.3) is 0 Å². The molecule has 0 aliphatic carbocycles. The molecule has 0 spiro atoms. The fraction of sp³-hybridized carbons (Fsp3) is 0.231. The van der Waals surface area contributed by atoms with Crippen LogP contribution in [0, 0.1) is 6.92 Å². The van der Waals surface area contributed by atoms with Crippen LogP contribution >= 0.6 is 12.2 Å². The van der Waals surface area contributed by atoms with Gasteiger partial charge in [-0.15, -0.1) is 0 Å². The molecule has 0 aliphatic heterocycles. The number of hydrogen-bond acceptors (Lipinski definition) is 5. The SMILES string of the molecule is Cc1noc(CCNC(=O)c2cccc(C(N)=S)c2)n1. The van der Waals surface area contributed by atoms with Crippen LogP contribution in [0.5, 0.6) is 0 Å². The first-order chi connectivity index (χ1) is 9.56. The first kappa shape index (κ1) is 14.1. The maximum atomic E-state index is 12.0. The standard InChI is InChI=1S/C13H14N4O2S/c1-8-16-11(19-17-8)5-6-15-13(18)10-4-2-3-9(7-10)12(14)20/h2-4,7H,5-6H2,1H3,(H2,14,20)(H,15,18). The number of carbonyl (C=O) groups excluding carboxylic acids is 1. The number of nitrogens with two attached hydrogens (primary N) is 1. The molecule has 0 saturated heterocycles. The number of thiocarbonyl (C=S) groups is 1. The Morgan fingerprint density at radius 2 is 2.20 bits per heavy atom. The molecule has 3 N–H and O–H groups in total.